The fourth-order valence-electron chi connectivity index (χ4n) is 5.06. The van der Waals surface area contributed by atoms with E-state index in [0.29, 0.717) is 11.1 Å². The van der Waals surface area contributed by atoms with Gasteiger partial charge < -0.3 is 15.4 Å². The number of pyridine rings is 1. The molecule has 0 aliphatic carbocycles. The zero-order chi connectivity index (χ0) is 27.2. The number of hydrogen-bond acceptors (Lipinski definition) is 7. The summed E-state index contributed by atoms with van der Waals surface area (Å²) in [6.45, 7) is 2.75. The standard InChI is InChI=1S/C28H25N3O6S/c1-28(2)23(27(34)37-22(17-11-5-3-6-12-17)18-13-7-4-8-14-18)31-25(33)21(26(31)38(28,35)36)20(24(29)32)19-15-9-10-16-30-19/h3-16,22-23,26H,1-2H3,(H2,29,32)/b21-20+/t23-,26+/m0/s1. The monoisotopic (exact) mass is 531 g/mol. The summed E-state index contributed by atoms with van der Waals surface area (Å²) in [4.78, 5) is 44.6. The summed E-state index contributed by atoms with van der Waals surface area (Å²) in [5.41, 5.74) is 6.45. The van der Waals surface area contributed by atoms with Gasteiger partial charge in [-0.05, 0) is 37.1 Å². The number of nitrogens with two attached hydrogens (primary N) is 1. The number of benzene rings is 2. The molecule has 38 heavy (non-hydrogen) atoms. The van der Waals surface area contributed by atoms with Gasteiger partial charge in [0.1, 0.15) is 4.75 Å². The first-order valence-electron chi connectivity index (χ1n) is 11.9. The van der Waals surface area contributed by atoms with Crippen LogP contribution < -0.4 is 5.73 Å². The van der Waals surface area contributed by atoms with Crippen LogP contribution in [0.1, 0.15) is 36.8 Å². The van der Waals surface area contributed by atoms with E-state index in [-0.39, 0.29) is 16.8 Å². The first kappa shape index (κ1) is 25.3. The minimum Gasteiger partial charge on any atom is -0.451 e. The minimum absolute atomic E-state index is 0.0789. The van der Waals surface area contributed by atoms with E-state index in [4.69, 9.17) is 10.5 Å². The van der Waals surface area contributed by atoms with E-state index in [1.54, 1.807) is 60.7 Å². The Morgan fingerprint density at radius 3 is 2.00 bits per heavy atom. The molecule has 2 amide bonds. The van der Waals surface area contributed by atoms with Crippen molar-refractivity contribution in [3.05, 3.63) is 107 Å². The lowest BCUT2D eigenvalue weighted by molar-refractivity contribution is -0.160. The van der Waals surface area contributed by atoms with Crippen LogP contribution in [0.25, 0.3) is 5.57 Å². The van der Waals surface area contributed by atoms with Crippen molar-refractivity contribution in [1.29, 1.82) is 0 Å². The summed E-state index contributed by atoms with van der Waals surface area (Å²) in [6, 6.07) is 21.3. The van der Waals surface area contributed by atoms with Crippen LogP contribution in [0.2, 0.25) is 0 Å². The predicted octanol–water partition coefficient (Wildman–Crippen LogP) is 2.40. The normalized spacial score (nSPS) is 22.4. The number of sulfone groups is 1. The highest BCUT2D eigenvalue weighted by Gasteiger charge is 2.71. The van der Waals surface area contributed by atoms with Crippen molar-refractivity contribution in [3.63, 3.8) is 0 Å². The number of fused-ring (bicyclic) bond motifs is 1. The van der Waals surface area contributed by atoms with Crippen LogP contribution in [0.3, 0.4) is 0 Å². The van der Waals surface area contributed by atoms with Crippen molar-refractivity contribution >= 4 is 33.2 Å². The van der Waals surface area contributed by atoms with Gasteiger partial charge in [-0.1, -0.05) is 66.7 Å². The third kappa shape index (κ3) is 3.79. The summed E-state index contributed by atoms with van der Waals surface area (Å²) in [5.74, 6) is -2.63. The number of hydrogen-bond donors (Lipinski definition) is 1. The van der Waals surface area contributed by atoms with Crippen LogP contribution in [0, 0.1) is 0 Å². The number of esters is 1. The third-order valence-corrected chi connectivity index (χ3v) is 9.77. The van der Waals surface area contributed by atoms with E-state index < -0.39 is 49.9 Å². The van der Waals surface area contributed by atoms with Crippen LogP contribution in [-0.4, -0.2) is 52.2 Å². The summed E-state index contributed by atoms with van der Waals surface area (Å²) in [7, 11) is -4.18. The zero-order valence-corrected chi connectivity index (χ0v) is 21.5. The largest absolute Gasteiger partial charge is 0.451 e. The van der Waals surface area contributed by atoms with Crippen molar-refractivity contribution in [2.24, 2.45) is 5.73 Å². The van der Waals surface area contributed by atoms with Crippen molar-refractivity contribution in [1.82, 2.24) is 9.88 Å². The molecule has 9 nitrogen and oxygen atoms in total. The molecule has 1 aromatic heterocycles. The lowest BCUT2D eigenvalue weighted by atomic mass is 9.91. The molecule has 0 unspecified atom stereocenters. The summed E-state index contributed by atoms with van der Waals surface area (Å²) < 4.78 is 31.7. The highest BCUT2D eigenvalue weighted by atomic mass is 32.2. The van der Waals surface area contributed by atoms with Gasteiger partial charge in [-0.2, -0.15) is 0 Å². The zero-order valence-electron chi connectivity index (χ0n) is 20.6. The number of ether oxygens (including phenoxy) is 1. The molecule has 2 saturated heterocycles. The van der Waals surface area contributed by atoms with Gasteiger partial charge in [-0.15, -0.1) is 0 Å². The van der Waals surface area contributed by atoms with Crippen LogP contribution >= 0.6 is 0 Å². The lowest BCUT2D eigenvalue weighted by Gasteiger charge is -2.39. The molecule has 194 valence electrons. The Labute approximate surface area is 219 Å². The SMILES string of the molecule is CC1(C)[C@H](C(=O)OC(c2ccccc2)c2ccccc2)N2C(=O)/C(=C(\C(N)=O)c3ccccn3)[C@H]2S1(=O)=O. The summed E-state index contributed by atoms with van der Waals surface area (Å²) in [5, 5.41) is -1.53. The first-order valence-corrected chi connectivity index (χ1v) is 13.4. The van der Waals surface area contributed by atoms with Gasteiger partial charge in [0.05, 0.1) is 16.8 Å². The number of nitrogens with zero attached hydrogens (tertiary/aromatic N) is 2. The van der Waals surface area contributed by atoms with Crippen LogP contribution in [-0.2, 0) is 29.0 Å². The van der Waals surface area contributed by atoms with E-state index in [0.717, 1.165) is 4.90 Å². The fraction of sp³-hybridized carbons (Fsp3) is 0.214. The average molecular weight is 532 g/mol. The maximum atomic E-state index is 13.7. The molecule has 2 N–H and O–H groups in total. The highest BCUT2D eigenvalue weighted by Crippen LogP contribution is 2.50. The van der Waals surface area contributed by atoms with Crippen molar-refractivity contribution in [3.8, 4) is 0 Å². The number of amides is 2. The maximum absolute atomic E-state index is 13.7. The van der Waals surface area contributed by atoms with Gasteiger partial charge in [0.15, 0.2) is 27.4 Å². The first-order chi connectivity index (χ1) is 18.1. The molecule has 2 fully saturated rings. The number of carbonyl (C=O) groups is 3. The second-order valence-corrected chi connectivity index (χ2v) is 12.2. The number of β-lactam (4-membered cyclic amide) rings is 1. The van der Waals surface area contributed by atoms with Gasteiger partial charge in [-0.3, -0.25) is 14.6 Å². The molecule has 5 rings (SSSR count). The van der Waals surface area contributed by atoms with Gasteiger partial charge in [0, 0.05) is 6.20 Å². The topological polar surface area (TPSA) is 137 Å². The van der Waals surface area contributed by atoms with Crippen LogP contribution in [0.5, 0.6) is 0 Å². The molecule has 0 radical (unpaired) electrons. The van der Waals surface area contributed by atoms with Crippen molar-refractivity contribution in [2.75, 3.05) is 0 Å². The summed E-state index contributed by atoms with van der Waals surface area (Å²) in [6.07, 6.45) is 0.573. The molecule has 0 saturated carbocycles. The predicted molar refractivity (Wildman–Crippen MR) is 139 cm³/mol. The lowest BCUT2D eigenvalue weighted by Crippen LogP contribution is -2.60. The van der Waals surface area contributed by atoms with Gasteiger partial charge >= 0.3 is 5.97 Å². The number of aromatic nitrogens is 1. The fourth-order valence-corrected chi connectivity index (χ4v) is 7.20. The van der Waals surface area contributed by atoms with Gasteiger partial charge in [0.25, 0.3) is 11.8 Å². The second kappa shape index (κ2) is 9.21. The Bertz CT molecular complexity index is 1510. The summed E-state index contributed by atoms with van der Waals surface area (Å²) >= 11 is 0. The van der Waals surface area contributed by atoms with Crippen molar-refractivity contribution < 1.29 is 27.5 Å². The minimum atomic E-state index is -4.18. The molecule has 0 bridgehead atoms. The number of rotatable bonds is 6. The molecule has 2 atom stereocenters. The van der Waals surface area contributed by atoms with E-state index in [1.165, 1.54) is 26.1 Å². The molecular weight excluding hydrogens is 506 g/mol. The Balaban J connectivity index is 1.57. The molecule has 3 aromatic rings. The number of carbonyl (C=O) groups excluding carboxylic acids is 3. The number of primary amides is 1. The quantitative estimate of drug-likeness (QED) is 0.293. The van der Waals surface area contributed by atoms with E-state index in [2.05, 4.69) is 4.98 Å². The molecule has 10 heteroatoms. The van der Waals surface area contributed by atoms with Crippen LogP contribution in [0.15, 0.2) is 90.6 Å². The Hall–Kier alpha value is -4.31. The van der Waals surface area contributed by atoms with E-state index in [9.17, 15) is 22.8 Å². The van der Waals surface area contributed by atoms with Gasteiger partial charge in [0.2, 0.25) is 0 Å². The maximum Gasteiger partial charge on any atom is 0.331 e. The Morgan fingerprint density at radius 2 is 1.50 bits per heavy atom. The molecular formula is C28H25N3O6S. The highest BCUT2D eigenvalue weighted by molar-refractivity contribution is 7.94. The smallest absolute Gasteiger partial charge is 0.331 e. The molecule has 3 heterocycles. The Morgan fingerprint density at radius 1 is 0.947 bits per heavy atom. The second-order valence-electron chi connectivity index (χ2n) is 9.62. The van der Waals surface area contributed by atoms with Crippen LogP contribution in [0.4, 0.5) is 0 Å². The average Bonchev–Trinajstić information content (AvgIpc) is 3.05. The van der Waals surface area contributed by atoms with Gasteiger partial charge in [-0.25, -0.2) is 13.2 Å². The van der Waals surface area contributed by atoms with E-state index in [1.807, 2.05) is 12.1 Å². The molecule has 2 aliphatic rings. The van der Waals surface area contributed by atoms with E-state index >= 15 is 0 Å². The molecule has 2 aromatic carbocycles. The molecule has 2 aliphatic heterocycles. The third-order valence-electron chi connectivity index (χ3n) is 7.03. The molecule has 0 spiro atoms. The Kier molecular flexibility index (Phi) is 6.15. The van der Waals surface area contributed by atoms with Crippen molar-refractivity contribution in [2.45, 2.75) is 36.1 Å².